The number of hydrogen-bond donors (Lipinski definition) is 0. The molecule has 0 bridgehead atoms. The smallest absolute Gasteiger partial charge is 0.254 e. The maximum absolute atomic E-state index is 14.6. The molecule has 35 heavy (non-hydrogen) atoms. The van der Waals surface area contributed by atoms with E-state index in [4.69, 9.17) is 9.47 Å². The van der Waals surface area contributed by atoms with E-state index in [0.717, 1.165) is 49.5 Å². The van der Waals surface area contributed by atoms with Crippen LogP contribution in [0.3, 0.4) is 0 Å². The zero-order valence-corrected chi connectivity index (χ0v) is 21.4. The van der Waals surface area contributed by atoms with Crippen molar-refractivity contribution in [1.29, 1.82) is 0 Å². The highest BCUT2D eigenvalue weighted by Gasteiger charge is 2.32. The van der Waals surface area contributed by atoms with Crippen molar-refractivity contribution in [2.75, 3.05) is 34.4 Å². The molecule has 7 heteroatoms. The van der Waals surface area contributed by atoms with Crippen LogP contribution in [0, 0.1) is 11.7 Å². The number of rotatable bonds is 9. The van der Waals surface area contributed by atoms with Crippen LogP contribution in [0.15, 0.2) is 59.3 Å². The lowest BCUT2D eigenvalue weighted by molar-refractivity contribution is 0.0584. The Morgan fingerprint density at radius 2 is 1.80 bits per heavy atom. The Labute approximate surface area is 211 Å². The topological polar surface area (TPSA) is 42.0 Å². The second-order valence-corrected chi connectivity index (χ2v) is 9.91. The van der Waals surface area contributed by atoms with Gasteiger partial charge in [0.1, 0.15) is 17.3 Å². The first kappa shape index (κ1) is 25.2. The van der Waals surface area contributed by atoms with Crippen LogP contribution in [-0.4, -0.2) is 56.1 Å². The largest absolute Gasteiger partial charge is 0.497 e. The average molecular weight is 497 g/mol. The molecule has 1 unspecified atom stereocenters. The molecule has 1 atom stereocenters. The molecular formula is C28H33FN2O3S. The molecule has 2 heterocycles. The minimum absolute atomic E-state index is 0.00139. The van der Waals surface area contributed by atoms with Crippen LogP contribution in [0.25, 0.3) is 0 Å². The van der Waals surface area contributed by atoms with Crippen molar-refractivity contribution in [3.63, 3.8) is 0 Å². The Bertz CT molecular complexity index is 1090. The molecule has 0 spiro atoms. The summed E-state index contributed by atoms with van der Waals surface area (Å²) in [6, 6.07) is 14.7. The lowest BCUT2D eigenvalue weighted by Crippen LogP contribution is -2.47. The van der Waals surface area contributed by atoms with E-state index in [1.54, 1.807) is 20.3 Å². The van der Waals surface area contributed by atoms with Gasteiger partial charge >= 0.3 is 0 Å². The van der Waals surface area contributed by atoms with Gasteiger partial charge in [-0.1, -0.05) is 18.2 Å². The maximum Gasteiger partial charge on any atom is 0.254 e. The van der Waals surface area contributed by atoms with Gasteiger partial charge in [0.2, 0.25) is 0 Å². The fourth-order valence-electron chi connectivity index (χ4n) is 4.96. The number of nitrogens with zero attached hydrogens (tertiary/aromatic N) is 2. The van der Waals surface area contributed by atoms with Crippen LogP contribution in [0.4, 0.5) is 4.39 Å². The molecule has 0 aliphatic carbocycles. The summed E-state index contributed by atoms with van der Waals surface area (Å²) in [7, 11) is 5.18. The number of halogens is 1. The molecule has 1 aliphatic heterocycles. The number of carbonyl (C=O) groups is 1. The lowest BCUT2D eigenvalue weighted by atomic mass is 9.84. The van der Waals surface area contributed by atoms with Gasteiger partial charge in [0, 0.05) is 31.1 Å². The fraction of sp³-hybridized carbons (Fsp3) is 0.393. The van der Waals surface area contributed by atoms with E-state index in [-0.39, 0.29) is 17.8 Å². The first-order valence-electron chi connectivity index (χ1n) is 12.0. The number of amides is 1. The molecule has 0 radical (unpaired) electrons. The molecule has 3 aromatic rings. The van der Waals surface area contributed by atoms with Crippen molar-refractivity contribution in [3.05, 3.63) is 81.8 Å². The van der Waals surface area contributed by atoms with Crippen LogP contribution >= 0.6 is 11.3 Å². The van der Waals surface area contributed by atoms with Crippen molar-refractivity contribution in [2.24, 2.45) is 5.92 Å². The summed E-state index contributed by atoms with van der Waals surface area (Å²) in [6.45, 7) is 2.64. The van der Waals surface area contributed by atoms with Crippen molar-refractivity contribution in [3.8, 4) is 11.5 Å². The highest BCUT2D eigenvalue weighted by atomic mass is 32.1. The third-order valence-corrected chi connectivity index (χ3v) is 7.65. The van der Waals surface area contributed by atoms with Gasteiger partial charge in [0.05, 0.1) is 19.8 Å². The zero-order chi connectivity index (χ0) is 24.8. The lowest BCUT2D eigenvalue weighted by Gasteiger charge is -2.40. The second-order valence-electron chi connectivity index (χ2n) is 9.13. The standard InChI is InChI=1S/C28H33FN2O3S/c1-30(28(32)23-10-13-35-19-23)27(16-22-6-4-5-7-26(22)29)21-8-11-31(12-9-21)18-20-14-24(33-2)17-25(15-20)34-3/h4-7,10,13-15,17,19,21,27H,8-9,11-12,16,18H2,1-3H3. The minimum Gasteiger partial charge on any atom is -0.497 e. The molecule has 1 saturated heterocycles. The van der Waals surface area contributed by atoms with E-state index in [0.29, 0.717) is 23.5 Å². The van der Waals surface area contributed by atoms with Gasteiger partial charge in [-0.25, -0.2) is 4.39 Å². The normalized spacial score (nSPS) is 15.5. The van der Waals surface area contributed by atoms with Gasteiger partial charge in [0.25, 0.3) is 5.91 Å². The van der Waals surface area contributed by atoms with Gasteiger partial charge in [0.15, 0.2) is 0 Å². The maximum atomic E-state index is 14.6. The Hall–Kier alpha value is -2.90. The van der Waals surface area contributed by atoms with Crippen molar-refractivity contribution < 1.29 is 18.7 Å². The first-order chi connectivity index (χ1) is 17.0. The molecule has 0 N–H and O–H groups in total. The molecule has 4 rings (SSSR count). The fourth-order valence-corrected chi connectivity index (χ4v) is 5.59. The third kappa shape index (κ3) is 6.21. The van der Waals surface area contributed by atoms with Crippen molar-refractivity contribution in [2.45, 2.75) is 31.8 Å². The van der Waals surface area contributed by atoms with Gasteiger partial charge in [-0.15, -0.1) is 0 Å². The van der Waals surface area contributed by atoms with Crippen LogP contribution < -0.4 is 9.47 Å². The van der Waals surface area contributed by atoms with Crippen LogP contribution in [0.1, 0.15) is 34.3 Å². The first-order valence-corrected chi connectivity index (χ1v) is 12.9. The van der Waals surface area contributed by atoms with Crippen LogP contribution in [0.5, 0.6) is 11.5 Å². The predicted molar refractivity (Wildman–Crippen MR) is 138 cm³/mol. The minimum atomic E-state index is -0.210. The zero-order valence-electron chi connectivity index (χ0n) is 20.6. The quantitative estimate of drug-likeness (QED) is 0.392. The van der Waals surface area contributed by atoms with Gasteiger partial charge in [-0.2, -0.15) is 11.3 Å². The van der Waals surface area contributed by atoms with Gasteiger partial charge in [-0.3, -0.25) is 9.69 Å². The summed E-state index contributed by atoms with van der Waals surface area (Å²) in [5, 5.41) is 3.79. The molecular weight excluding hydrogens is 463 g/mol. The summed E-state index contributed by atoms with van der Waals surface area (Å²) in [4.78, 5) is 17.5. The number of piperidine rings is 1. The van der Waals surface area contributed by atoms with Crippen LogP contribution in [0.2, 0.25) is 0 Å². The van der Waals surface area contributed by atoms with E-state index in [1.807, 2.05) is 59.1 Å². The number of likely N-dealkylation sites (N-methyl/N-ethyl adjacent to an activating group) is 1. The third-order valence-electron chi connectivity index (χ3n) is 6.97. The molecule has 186 valence electrons. The monoisotopic (exact) mass is 496 g/mol. The van der Waals surface area contributed by atoms with Gasteiger partial charge in [-0.05, 0) is 79.0 Å². The van der Waals surface area contributed by atoms with E-state index in [2.05, 4.69) is 4.90 Å². The van der Waals surface area contributed by atoms with E-state index in [1.165, 1.54) is 17.4 Å². The Morgan fingerprint density at radius 3 is 2.40 bits per heavy atom. The second kappa shape index (κ2) is 11.7. The molecule has 1 aromatic heterocycles. The van der Waals surface area contributed by atoms with Crippen molar-refractivity contribution in [1.82, 2.24) is 9.80 Å². The summed E-state index contributed by atoms with van der Waals surface area (Å²) in [5.41, 5.74) is 2.50. The molecule has 2 aromatic carbocycles. The summed E-state index contributed by atoms with van der Waals surface area (Å²) >= 11 is 1.51. The number of likely N-dealkylation sites (tertiary alicyclic amines) is 1. The highest BCUT2D eigenvalue weighted by molar-refractivity contribution is 7.08. The number of thiophene rings is 1. The summed E-state index contributed by atoms with van der Waals surface area (Å²) in [5.74, 6) is 1.65. The Balaban J connectivity index is 1.47. The molecule has 1 fully saturated rings. The molecule has 5 nitrogen and oxygen atoms in total. The SMILES string of the molecule is COc1cc(CN2CCC(C(Cc3ccccc3F)N(C)C(=O)c3ccsc3)CC2)cc(OC)c1. The number of hydrogen-bond acceptors (Lipinski definition) is 5. The van der Waals surface area contributed by atoms with E-state index < -0.39 is 0 Å². The van der Waals surface area contributed by atoms with E-state index >= 15 is 0 Å². The average Bonchev–Trinajstić information content (AvgIpc) is 3.43. The van der Waals surface area contributed by atoms with Crippen LogP contribution in [-0.2, 0) is 13.0 Å². The predicted octanol–water partition coefficient (Wildman–Crippen LogP) is 5.50. The highest BCUT2D eigenvalue weighted by Crippen LogP contribution is 2.30. The van der Waals surface area contributed by atoms with Gasteiger partial charge < -0.3 is 14.4 Å². The number of carbonyl (C=O) groups excluding carboxylic acids is 1. The molecule has 0 saturated carbocycles. The van der Waals surface area contributed by atoms with Crippen molar-refractivity contribution >= 4 is 17.2 Å². The Kier molecular flexibility index (Phi) is 8.42. The van der Waals surface area contributed by atoms with E-state index in [9.17, 15) is 9.18 Å². The summed E-state index contributed by atoms with van der Waals surface area (Å²) in [6.07, 6.45) is 2.40. The molecule has 1 aliphatic rings. The number of ether oxygens (including phenoxy) is 2. The molecule has 1 amide bonds. The number of methoxy groups -OCH3 is 2. The summed E-state index contributed by atoms with van der Waals surface area (Å²) < 4.78 is 25.4. The Morgan fingerprint density at radius 1 is 1.11 bits per heavy atom. The number of benzene rings is 2.